The van der Waals surface area contributed by atoms with Crippen LogP contribution in [-0.2, 0) is 4.79 Å². The number of nitrogens with zero attached hydrogens (tertiary/aromatic N) is 2. The third-order valence-corrected chi connectivity index (χ3v) is 2.61. The molecule has 6 nitrogen and oxygen atoms in total. The number of pyridine rings is 1. The van der Waals surface area contributed by atoms with E-state index in [1.54, 1.807) is 18.6 Å². The van der Waals surface area contributed by atoms with Crippen LogP contribution in [0.1, 0.15) is 31.2 Å². The minimum Gasteiger partial charge on any atom is -0.481 e. The number of unbranched alkanes of at least 4 members (excludes halogenated alkanes) is 2. The Bertz CT molecular complexity index is 420. The molecule has 0 aliphatic heterocycles. The highest BCUT2D eigenvalue weighted by Gasteiger charge is 2.00. The Hall–Kier alpha value is -2.08. The Morgan fingerprint density at radius 1 is 1.42 bits per heavy atom. The summed E-state index contributed by atoms with van der Waals surface area (Å²) in [7, 11) is 0. The van der Waals surface area contributed by atoms with E-state index in [-0.39, 0.29) is 6.42 Å². The molecule has 0 unspecified atom stereocenters. The lowest BCUT2D eigenvalue weighted by atomic mass is 10.2. The van der Waals surface area contributed by atoms with E-state index >= 15 is 0 Å². The minimum absolute atomic E-state index is 0.207. The standard InChI is InChI=1S/C13H20N4O2/c14-12(11-5-4-7-16-9-11)10-17(15)8-3-1-2-6-13(18)19/h4-5,7,9-10H,1-3,6,8,14-15H2,(H,18,19)/b12-10-. The molecule has 104 valence electrons. The van der Waals surface area contributed by atoms with Gasteiger partial charge < -0.3 is 15.8 Å². The second-order valence-corrected chi connectivity index (χ2v) is 4.27. The van der Waals surface area contributed by atoms with Crippen LogP contribution in [0.2, 0.25) is 0 Å². The Morgan fingerprint density at radius 3 is 2.84 bits per heavy atom. The van der Waals surface area contributed by atoms with Crippen LogP contribution >= 0.6 is 0 Å². The summed E-state index contributed by atoms with van der Waals surface area (Å²) >= 11 is 0. The topological polar surface area (TPSA) is 105 Å². The molecule has 0 radical (unpaired) electrons. The fraction of sp³-hybridized carbons (Fsp3) is 0.385. The van der Waals surface area contributed by atoms with Gasteiger partial charge in [-0.3, -0.25) is 9.78 Å². The molecule has 0 aliphatic rings. The van der Waals surface area contributed by atoms with Crippen molar-refractivity contribution in [1.82, 2.24) is 9.99 Å². The van der Waals surface area contributed by atoms with E-state index in [4.69, 9.17) is 16.7 Å². The molecule has 0 aliphatic carbocycles. The molecule has 0 saturated carbocycles. The van der Waals surface area contributed by atoms with E-state index in [1.807, 2.05) is 12.1 Å². The third kappa shape index (κ3) is 6.42. The molecule has 0 fully saturated rings. The lowest BCUT2D eigenvalue weighted by Gasteiger charge is -2.14. The van der Waals surface area contributed by atoms with E-state index in [9.17, 15) is 4.79 Å². The monoisotopic (exact) mass is 264 g/mol. The van der Waals surface area contributed by atoms with Gasteiger partial charge >= 0.3 is 5.97 Å². The van der Waals surface area contributed by atoms with E-state index in [1.165, 1.54) is 5.01 Å². The average Bonchev–Trinajstić information content (AvgIpc) is 2.39. The zero-order valence-corrected chi connectivity index (χ0v) is 10.8. The average molecular weight is 264 g/mol. The summed E-state index contributed by atoms with van der Waals surface area (Å²) in [6.45, 7) is 0.639. The van der Waals surface area contributed by atoms with E-state index in [0.717, 1.165) is 18.4 Å². The van der Waals surface area contributed by atoms with Crippen LogP contribution in [-0.4, -0.2) is 27.6 Å². The summed E-state index contributed by atoms with van der Waals surface area (Å²) in [6.07, 6.45) is 7.56. The van der Waals surface area contributed by atoms with Gasteiger partial charge in [0, 0.05) is 37.1 Å². The summed E-state index contributed by atoms with van der Waals surface area (Å²) in [5, 5.41) is 10.0. The maximum Gasteiger partial charge on any atom is 0.303 e. The van der Waals surface area contributed by atoms with Crippen LogP contribution in [0.4, 0.5) is 0 Å². The first-order valence-corrected chi connectivity index (χ1v) is 6.20. The molecule has 0 amide bonds. The molecule has 1 heterocycles. The Labute approximate surface area is 112 Å². The molecular formula is C13H20N4O2. The van der Waals surface area contributed by atoms with Crippen LogP contribution in [0.25, 0.3) is 5.70 Å². The number of rotatable bonds is 8. The summed E-state index contributed by atoms with van der Waals surface area (Å²) in [4.78, 5) is 14.3. The van der Waals surface area contributed by atoms with Gasteiger partial charge in [-0.2, -0.15) is 0 Å². The van der Waals surface area contributed by atoms with Gasteiger partial charge in [0.1, 0.15) is 0 Å². The number of carboxylic acids is 1. The number of hydrazine groups is 1. The van der Waals surface area contributed by atoms with Gasteiger partial charge in [-0.05, 0) is 25.0 Å². The maximum absolute atomic E-state index is 10.3. The number of aromatic nitrogens is 1. The Morgan fingerprint density at radius 2 is 2.21 bits per heavy atom. The second kappa shape index (κ2) is 8.10. The molecule has 0 bridgehead atoms. The fourth-order valence-corrected chi connectivity index (χ4v) is 1.60. The SMILES string of the molecule is N/C(=C\N(N)CCCCCC(=O)O)c1cccnc1. The lowest BCUT2D eigenvalue weighted by Crippen LogP contribution is -2.27. The summed E-state index contributed by atoms with van der Waals surface area (Å²) in [5.74, 6) is 5.04. The van der Waals surface area contributed by atoms with Crippen molar-refractivity contribution in [1.29, 1.82) is 0 Å². The quantitative estimate of drug-likeness (QED) is 0.369. The minimum atomic E-state index is -0.759. The number of carbonyl (C=O) groups is 1. The molecule has 0 aromatic carbocycles. The predicted octanol–water partition coefficient (Wildman–Crippen LogP) is 1.16. The Kier molecular flexibility index (Phi) is 6.38. The van der Waals surface area contributed by atoms with Crippen LogP contribution in [0.3, 0.4) is 0 Å². The molecule has 1 aromatic rings. The Balaban J connectivity index is 2.30. The van der Waals surface area contributed by atoms with Crippen molar-refractivity contribution < 1.29 is 9.90 Å². The number of nitrogens with two attached hydrogens (primary N) is 2. The highest BCUT2D eigenvalue weighted by atomic mass is 16.4. The molecule has 19 heavy (non-hydrogen) atoms. The highest BCUT2D eigenvalue weighted by molar-refractivity contribution is 5.66. The number of aliphatic carboxylic acids is 1. The number of carboxylic acid groups (broad SMARTS) is 1. The predicted molar refractivity (Wildman–Crippen MR) is 73.4 cm³/mol. The van der Waals surface area contributed by atoms with Crippen molar-refractivity contribution in [3.05, 3.63) is 36.3 Å². The molecule has 0 saturated heterocycles. The van der Waals surface area contributed by atoms with Crippen LogP contribution < -0.4 is 11.6 Å². The largest absolute Gasteiger partial charge is 0.481 e. The van der Waals surface area contributed by atoms with E-state index in [0.29, 0.717) is 18.7 Å². The lowest BCUT2D eigenvalue weighted by molar-refractivity contribution is -0.137. The van der Waals surface area contributed by atoms with Crippen molar-refractivity contribution in [2.45, 2.75) is 25.7 Å². The maximum atomic E-state index is 10.3. The molecule has 6 heteroatoms. The van der Waals surface area contributed by atoms with Crippen molar-refractivity contribution in [2.24, 2.45) is 11.6 Å². The van der Waals surface area contributed by atoms with Crippen molar-refractivity contribution in [2.75, 3.05) is 6.54 Å². The van der Waals surface area contributed by atoms with Crippen molar-refractivity contribution >= 4 is 11.7 Å². The van der Waals surface area contributed by atoms with E-state index in [2.05, 4.69) is 4.98 Å². The summed E-state index contributed by atoms with van der Waals surface area (Å²) in [5.41, 5.74) is 7.27. The molecule has 5 N–H and O–H groups in total. The van der Waals surface area contributed by atoms with Gasteiger partial charge in [-0.25, -0.2) is 5.84 Å². The highest BCUT2D eigenvalue weighted by Crippen LogP contribution is 2.07. The van der Waals surface area contributed by atoms with Gasteiger partial charge in [0.25, 0.3) is 0 Å². The first kappa shape index (κ1) is 15.0. The molecular weight excluding hydrogens is 244 g/mol. The van der Waals surface area contributed by atoms with Crippen LogP contribution in [0, 0.1) is 0 Å². The second-order valence-electron chi connectivity index (χ2n) is 4.27. The van der Waals surface area contributed by atoms with Gasteiger partial charge in [-0.1, -0.05) is 6.42 Å². The first-order chi connectivity index (χ1) is 9.09. The fourth-order valence-electron chi connectivity index (χ4n) is 1.60. The number of hydrogen-bond donors (Lipinski definition) is 3. The summed E-state index contributed by atoms with van der Waals surface area (Å²) in [6, 6.07) is 3.67. The first-order valence-electron chi connectivity index (χ1n) is 6.20. The third-order valence-electron chi connectivity index (χ3n) is 2.61. The van der Waals surface area contributed by atoms with Gasteiger partial charge in [0.15, 0.2) is 0 Å². The molecule has 1 rings (SSSR count). The molecule has 0 atom stereocenters. The number of hydrogen-bond acceptors (Lipinski definition) is 5. The van der Waals surface area contributed by atoms with Gasteiger partial charge in [-0.15, -0.1) is 0 Å². The zero-order valence-electron chi connectivity index (χ0n) is 10.8. The summed E-state index contributed by atoms with van der Waals surface area (Å²) < 4.78 is 0. The van der Waals surface area contributed by atoms with Crippen molar-refractivity contribution in [3.8, 4) is 0 Å². The molecule has 0 spiro atoms. The van der Waals surface area contributed by atoms with Gasteiger partial charge in [0.2, 0.25) is 0 Å². The van der Waals surface area contributed by atoms with Gasteiger partial charge in [0.05, 0.1) is 5.70 Å². The smallest absolute Gasteiger partial charge is 0.303 e. The molecule has 1 aromatic heterocycles. The van der Waals surface area contributed by atoms with Crippen LogP contribution in [0.5, 0.6) is 0 Å². The zero-order chi connectivity index (χ0) is 14.1. The normalized spacial score (nSPS) is 11.3. The van der Waals surface area contributed by atoms with Crippen LogP contribution in [0.15, 0.2) is 30.7 Å². The van der Waals surface area contributed by atoms with Crippen molar-refractivity contribution in [3.63, 3.8) is 0 Å². The van der Waals surface area contributed by atoms with E-state index < -0.39 is 5.97 Å².